The van der Waals surface area contributed by atoms with Gasteiger partial charge in [0.25, 0.3) is 0 Å². The van der Waals surface area contributed by atoms with Crippen molar-refractivity contribution in [2.75, 3.05) is 32.6 Å². The lowest BCUT2D eigenvalue weighted by atomic mass is 10.0. The second-order valence-electron chi connectivity index (χ2n) is 4.93. The zero-order valence-corrected chi connectivity index (χ0v) is 12.0. The summed E-state index contributed by atoms with van der Waals surface area (Å²) in [5.41, 5.74) is 1.28. The number of nitrogens with zero attached hydrogens (tertiary/aromatic N) is 1. The summed E-state index contributed by atoms with van der Waals surface area (Å²) < 4.78 is 4.79. The number of methoxy groups -OCH3 is 1. The number of anilines is 1. The molecule has 1 aliphatic rings. The van der Waals surface area contributed by atoms with Crippen LogP contribution in [0, 0.1) is 0 Å². The average molecular weight is 283 g/mol. The molecule has 1 aromatic carbocycles. The minimum Gasteiger partial charge on any atom is -0.465 e. The van der Waals surface area contributed by atoms with Crippen molar-refractivity contribution < 1.29 is 9.53 Å². The Morgan fingerprint density at radius 3 is 3.00 bits per heavy atom. The molecule has 1 unspecified atom stereocenters. The highest BCUT2D eigenvalue weighted by atomic mass is 35.5. The van der Waals surface area contributed by atoms with Crippen molar-refractivity contribution in [3.63, 3.8) is 0 Å². The van der Waals surface area contributed by atoms with E-state index in [4.69, 9.17) is 16.3 Å². The molecule has 1 N–H and O–H groups in total. The lowest BCUT2D eigenvalue weighted by Crippen LogP contribution is -2.40. The highest BCUT2D eigenvalue weighted by Gasteiger charge is 2.20. The molecule has 1 heterocycles. The number of likely N-dealkylation sites (tertiary alicyclic amines) is 1. The van der Waals surface area contributed by atoms with Crippen LogP contribution in [0.25, 0.3) is 0 Å². The fourth-order valence-corrected chi connectivity index (χ4v) is 2.60. The maximum atomic E-state index is 11.8. The number of rotatable bonds is 3. The van der Waals surface area contributed by atoms with Gasteiger partial charge in [0.1, 0.15) is 0 Å². The molecular formula is C14H19ClN2O2. The van der Waals surface area contributed by atoms with E-state index in [9.17, 15) is 4.79 Å². The molecule has 0 bridgehead atoms. The van der Waals surface area contributed by atoms with Gasteiger partial charge in [-0.3, -0.25) is 0 Å². The summed E-state index contributed by atoms with van der Waals surface area (Å²) in [7, 11) is 3.48. The van der Waals surface area contributed by atoms with Crippen molar-refractivity contribution in [2.45, 2.75) is 18.9 Å². The molecule has 19 heavy (non-hydrogen) atoms. The van der Waals surface area contributed by atoms with Gasteiger partial charge in [-0.2, -0.15) is 0 Å². The van der Waals surface area contributed by atoms with Gasteiger partial charge < -0.3 is 15.0 Å². The van der Waals surface area contributed by atoms with Crippen LogP contribution in [-0.4, -0.2) is 44.2 Å². The third-order valence-corrected chi connectivity index (χ3v) is 3.61. The molecule has 0 aliphatic carbocycles. The fourth-order valence-electron chi connectivity index (χ4n) is 2.43. The molecular weight excluding hydrogens is 264 g/mol. The maximum absolute atomic E-state index is 11.8. The molecule has 104 valence electrons. The van der Waals surface area contributed by atoms with Crippen LogP contribution >= 0.6 is 11.6 Å². The number of hydrogen-bond donors (Lipinski definition) is 1. The highest BCUT2D eigenvalue weighted by molar-refractivity contribution is 6.31. The highest BCUT2D eigenvalue weighted by Crippen LogP contribution is 2.24. The summed E-state index contributed by atoms with van der Waals surface area (Å²) in [5.74, 6) is -0.367. The lowest BCUT2D eigenvalue weighted by molar-refractivity contribution is 0.0601. The van der Waals surface area contributed by atoms with E-state index in [0.717, 1.165) is 31.6 Å². The van der Waals surface area contributed by atoms with Gasteiger partial charge in [0.2, 0.25) is 0 Å². The molecule has 5 heteroatoms. The summed E-state index contributed by atoms with van der Waals surface area (Å²) >= 11 is 5.94. The monoisotopic (exact) mass is 282 g/mol. The van der Waals surface area contributed by atoms with Gasteiger partial charge in [-0.1, -0.05) is 11.6 Å². The molecule has 0 spiro atoms. The Morgan fingerprint density at radius 1 is 1.53 bits per heavy atom. The first-order valence-corrected chi connectivity index (χ1v) is 6.81. The first kappa shape index (κ1) is 14.2. The fraction of sp³-hybridized carbons (Fsp3) is 0.500. The second kappa shape index (κ2) is 6.26. The first-order valence-electron chi connectivity index (χ1n) is 6.43. The Morgan fingerprint density at radius 2 is 2.32 bits per heavy atom. The van der Waals surface area contributed by atoms with E-state index in [2.05, 4.69) is 17.3 Å². The predicted molar refractivity (Wildman–Crippen MR) is 76.9 cm³/mol. The third-order valence-electron chi connectivity index (χ3n) is 3.37. The van der Waals surface area contributed by atoms with E-state index < -0.39 is 0 Å². The summed E-state index contributed by atoms with van der Waals surface area (Å²) in [6, 6.07) is 5.61. The number of nitrogens with one attached hydrogen (secondary N) is 1. The van der Waals surface area contributed by atoms with Crippen LogP contribution in [0.4, 0.5) is 5.69 Å². The number of carbonyl (C=O) groups is 1. The van der Waals surface area contributed by atoms with Crippen molar-refractivity contribution in [2.24, 2.45) is 0 Å². The molecule has 1 aliphatic heterocycles. The van der Waals surface area contributed by atoms with E-state index in [1.54, 1.807) is 12.1 Å². The number of halogens is 1. The van der Waals surface area contributed by atoms with Crippen molar-refractivity contribution in [1.29, 1.82) is 0 Å². The standard InChI is InChI=1S/C14H19ClN2O2/c1-17-7-3-4-11(9-17)16-13-6-5-10(15)8-12(13)14(18)19-2/h5-6,8,11,16H,3-4,7,9H2,1-2H3. The predicted octanol–water partition coefficient (Wildman–Crippen LogP) is 2.63. The SMILES string of the molecule is COC(=O)c1cc(Cl)ccc1NC1CCCN(C)C1. The summed E-state index contributed by atoms with van der Waals surface area (Å²) in [4.78, 5) is 14.0. The zero-order valence-electron chi connectivity index (χ0n) is 11.3. The quantitative estimate of drug-likeness (QED) is 0.866. The Bertz CT molecular complexity index is 465. The van der Waals surface area contributed by atoms with Gasteiger partial charge in [0.15, 0.2) is 0 Å². The zero-order chi connectivity index (χ0) is 13.8. The summed E-state index contributed by atoms with van der Waals surface area (Å²) in [6.45, 7) is 2.10. The van der Waals surface area contributed by atoms with Gasteiger partial charge in [-0.25, -0.2) is 4.79 Å². The van der Waals surface area contributed by atoms with Crippen molar-refractivity contribution >= 4 is 23.3 Å². The molecule has 4 nitrogen and oxygen atoms in total. The number of likely N-dealkylation sites (N-methyl/N-ethyl adjacent to an activating group) is 1. The summed E-state index contributed by atoms with van der Waals surface area (Å²) in [5, 5.41) is 3.96. The smallest absolute Gasteiger partial charge is 0.340 e. The Hall–Kier alpha value is -1.26. The lowest BCUT2D eigenvalue weighted by Gasteiger charge is -2.31. The van der Waals surface area contributed by atoms with Gasteiger partial charge in [-0.15, -0.1) is 0 Å². The van der Waals surface area contributed by atoms with Crippen LogP contribution < -0.4 is 5.32 Å². The van der Waals surface area contributed by atoms with E-state index in [1.165, 1.54) is 7.11 Å². The van der Waals surface area contributed by atoms with Gasteiger partial charge in [0, 0.05) is 23.3 Å². The average Bonchev–Trinajstić information content (AvgIpc) is 2.40. The van der Waals surface area contributed by atoms with Crippen molar-refractivity contribution in [1.82, 2.24) is 4.90 Å². The number of benzene rings is 1. The number of ether oxygens (including phenoxy) is 1. The summed E-state index contributed by atoms with van der Waals surface area (Å²) in [6.07, 6.45) is 2.27. The van der Waals surface area contributed by atoms with Gasteiger partial charge in [0.05, 0.1) is 12.7 Å². The van der Waals surface area contributed by atoms with E-state index in [1.807, 2.05) is 6.07 Å². The van der Waals surface area contributed by atoms with Crippen LogP contribution in [0.1, 0.15) is 23.2 Å². The van der Waals surface area contributed by atoms with E-state index in [-0.39, 0.29) is 5.97 Å². The number of piperidine rings is 1. The number of carbonyl (C=O) groups excluding carboxylic acids is 1. The van der Waals surface area contributed by atoms with Crippen LogP contribution in [-0.2, 0) is 4.74 Å². The number of hydrogen-bond acceptors (Lipinski definition) is 4. The minimum absolute atomic E-state index is 0.350. The third kappa shape index (κ3) is 3.61. The Labute approximate surface area is 118 Å². The second-order valence-corrected chi connectivity index (χ2v) is 5.36. The normalized spacial score (nSPS) is 20.1. The molecule has 1 fully saturated rings. The van der Waals surface area contributed by atoms with Crippen LogP contribution in [0.5, 0.6) is 0 Å². The van der Waals surface area contributed by atoms with E-state index >= 15 is 0 Å². The van der Waals surface area contributed by atoms with Crippen LogP contribution in [0.2, 0.25) is 5.02 Å². The molecule has 0 aromatic heterocycles. The molecule has 0 radical (unpaired) electrons. The molecule has 1 atom stereocenters. The molecule has 1 saturated heterocycles. The van der Waals surface area contributed by atoms with E-state index in [0.29, 0.717) is 16.6 Å². The Balaban J connectivity index is 2.17. The molecule has 2 rings (SSSR count). The first-order chi connectivity index (χ1) is 9.10. The number of esters is 1. The van der Waals surface area contributed by atoms with Gasteiger partial charge >= 0.3 is 5.97 Å². The van der Waals surface area contributed by atoms with Crippen molar-refractivity contribution in [3.05, 3.63) is 28.8 Å². The Kier molecular flexibility index (Phi) is 4.66. The topological polar surface area (TPSA) is 41.6 Å². The molecule has 0 amide bonds. The molecule has 1 aromatic rings. The van der Waals surface area contributed by atoms with Gasteiger partial charge in [-0.05, 0) is 44.6 Å². The minimum atomic E-state index is -0.367. The largest absolute Gasteiger partial charge is 0.465 e. The van der Waals surface area contributed by atoms with Crippen LogP contribution in [0.3, 0.4) is 0 Å². The van der Waals surface area contributed by atoms with Crippen LogP contribution in [0.15, 0.2) is 18.2 Å². The molecule has 0 saturated carbocycles. The van der Waals surface area contributed by atoms with Crippen molar-refractivity contribution in [3.8, 4) is 0 Å². The maximum Gasteiger partial charge on any atom is 0.340 e.